The lowest BCUT2D eigenvalue weighted by Gasteiger charge is -2.12. The Hall–Kier alpha value is -3.36. The zero-order valence-corrected chi connectivity index (χ0v) is 14.9. The molecule has 2 aromatic heterocycles. The Kier molecular flexibility index (Phi) is 5.34. The smallest absolute Gasteiger partial charge is 0.309 e. The third-order valence-electron chi connectivity index (χ3n) is 3.98. The van der Waals surface area contributed by atoms with Gasteiger partial charge in [-0.05, 0) is 24.6 Å². The number of carbonyl (C=O) groups is 1. The number of alkyl halides is 3. The fourth-order valence-electron chi connectivity index (χ4n) is 2.74. The minimum absolute atomic E-state index is 0.395. The van der Waals surface area contributed by atoms with E-state index in [-0.39, 0.29) is 0 Å². The van der Waals surface area contributed by atoms with Crippen molar-refractivity contribution in [1.29, 1.82) is 0 Å². The molecule has 146 valence electrons. The van der Waals surface area contributed by atoms with Crippen molar-refractivity contribution in [1.82, 2.24) is 14.3 Å². The van der Waals surface area contributed by atoms with E-state index in [4.69, 9.17) is 0 Å². The molecule has 0 aliphatic heterocycles. The van der Waals surface area contributed by atoms with Crippen molar-refractivity contribution in [3.63, 3.8) is 0 Å². The van der Waals surface area contributed by atoms with E-state index in [0.29, 0.717) is 24.1 Å². The number of carbonyl (C=O) groups excluding carboxylic acids is 1. The van der Waals surface area contributed by atoms with Crippen molar-refractivity contribution in [2.75, 3.05) is 5.32 Å². The summed E-state index contributed by atoms with van der Waals surface area (Å²) < 4.78 is 40.9. The lowest BCUT2D eigenvalue weighted by Crippen LogP contribution is -2.32. The van der Waals surface area contributed by atoms with Gasteiger partial charge >= 0.3 is 6.18 Å². The molecule has 0 radical (unpaired) electrons. The number of aryl methyl sites for hydroxylation is 1. The van der Waals surface area contributed by atoms with Crippen molar-refractivity contribution in [3.05, 3.63) is 81.9 Å². The molecule has 6 nitrogen and oxygen atoms in total. The second kappa shape index (κ2) is 7.71. The number of hydrogen-bond acceptors (Lipinski definition) is 3. The maximum atomic E-state index is 12.9. The van der Waals surface area contributed by atoms with Crippen LogP contribution < -0.4 is 10.9 Å². The van der Waals surface area contributed by atoms with Gasteiger partial charge in [0, 0.05) is 12.3 Å². The highest BCUT2D eigenvalue weighted by molar-refractivity contribution is 5.89. The van der Waals surface area contributed by atoms with Crippen molar-refractivity contribution in [2.24, 2.45) is 0 Å². The molecule has 0 unspecified atom stereocenters. The Morgan fingerprint density at radius 2 is 1.86 bits per heavy atom. The lowest BCUT2D eigenvalue weighted by atomic mass is 10.2. The lowest BCUT2D eigenvalue weighted by molar-refractivity contribution is -0.139. The van der Waals surface area contributed by atoms with Gasteiger partial charge in [-0.25, -0.2) is 4.68 Å². The number of halogens is 3. The number of anilines is 1. The largest absolute Gasteiger partial charge is 0.421 e. The van der Waals surface area contributed by atoms with E-state index in [1.54, 1.807) is 17.7 Å². The molecule has 1 N–H and O–H groups in total. The monoisotopic (exact) mass is 390 g/mol. The molecule has 0 aliphatic rings. The second-order valence-corrected chi connectivity index (χ2v) is 6.22. The Balaban J connectivity index is 1.77. The van der Waals surface area contributed by atoms with Crippen LogP contribution in [-0.2, 0) is 24.1 Å². The Morgan fingerprint density at radius 1 is 1.14 bits per heavy atom. The summed E-state index contributed by atoms with van der Waals surface area (Å²) >= 11 is 0. The summed E-state index contributed by atoms with van der Waals surface area (Å²) in [7, 11) is 0. The maximum absolute atomic E-state index is 12.9. The standard InChI is InChI=1S/C19H17F3N4O2/c1-13-10-16(26(24-13)11-14-6-3-2-4-7-14)23-17(27)12-25-9-5-8-15(18(25)28)19(20,21)22/h2-10H,11-12H2,1H3,(H,23,27). The SMILES string of the molecule is Cc1cc(NC(=O)Cn2cccc(C(F)(F)F)c2=O)n(Cc2ccccc2)n1. The fraction of sp³-hybridized carbons (Fsp3) is 0.211. The van der Waals surface area contributed by atoms with Crippen molar-refractivity contribution in [2.45, 2.75) is 26.2 Å². The Bertz CT molecular complexity index is 1040. The van der Waals surface area contributed by atoms with Crippen LogP contribution in [0.15, 0.2) is 59.5 Å². The number of amides is 1. The van der Waals surface area contributed by atoms with Gasteiger partial charge in [-0.2, -0.15) is 18.3 Å². The van der Waals surface area contributed by atoms with E-state index >= 15 is 0 Å². The molecule has 0 aliphatic carbocycles. The molecule has 0 spiro atoms. The van der Waals surface area contributed by atoms with Crippen LogP contribution in [0.1, 0.15) is 16.8 Å². The van der Waals surface area contributed by atoms with Crippen molar-refractivity contribution >= 4 is 11.7 Å². The summed E-state index contributed by atoms with van der Waals surface area (Å²) in [4.78, 5) is 24.3. The van der Waals surface area contributed by atoms with Gasteiger partial charge in [-0.1, -0.05) is 30.3 Å². The number of nitrogens with one attached hydrogen (secondary N) is 1. The van der Waals surface area contributed by atoms with E-state index in [1.165, 1.54) is 0 Å². The molecule has 0 atom stereocenters. The van der Waals surface area contributed by atoms with Crippen molar-refractivity contribution < 1.29 is 18.0 Å². The van der Waals surface area contributed by atoms with Crippen LogP contribution in [-0.4, -0.2) is 20.3 Å². The third kappa shape index (κ3) is 4.48. The fourth-order valence-corrected chi connectivity index (χ4v) is 2.74. The highest BCUT2D eigenvalue weighted by Crippen LogP contribution is 2.26. The van der Waals surface area contributed by atoms with E-state index in [1.807, 2.05) is 30.3 Å². The minimum atomic E-state index is -4.78. The predicted molar refractivity (Wildman–Crippen MR) is 96.8 cm³/mol. The summed E-state index contributed by atoms with van der Waals surface area (Å²) in [5.41, 5.74) is -0.940. The Morgan fingerprint density at radius 3 is 2.54 bits per heavy atom. The zero-order valence-electron chi connectivity index (χ0n) is 14.9. The topological polar surface area (TPSA) is 68.9 Å². The van der Waals surface area contributed by atoms with Crippen LogP contribution in [0.4, 0.5) is 19.0 Å². The second-order valence-electron chi connectivity index (χ2n) is 6.22. The molecule has 0 saturated heterocycles. The first-order chi connectivity index (χ1) is 13.2. The predicted octanol–water partition coefficient (Wildman–Crippen LogP) is 3.06. The van der Waals surface area contributed by atoms with Crippen molar-refractivity contribution in [3.8, 4) is 0 Å². The van der Waals surface area contributed by atoms with Crippen LogP contribution in [0, 0.1) is 6.92 Å². The number of benzene rings is 1. The van der Waals surface area contributed by atoms with Gasteiger partial charge in [0.05, 0.1) is 12.2 Å². The van der Waals surface area contributed by atoms with Gasteiger partial charge in [0.1, 0.15) is 17.9 Å². The summed E-state index contributed by atoms with van der Waals surface area (Å²) in [5.74, 6) is -0.234. The number of pyridine rings is 1. The first kappa shape index (κ1) is 19.4. The number of nitrogens with zero attached hydrogens (tertiary/aromatic N) is 3. The molecule has 2 heterocycles. The van der Waals surface area contributed by atoms with E-state index in [9.17, 15) is 22.8 Å². The minimum Gasteiger partial charge on any atom is -0.309 e. The molecule has 0 saturated carbocycles. The van der Waals surface area contributed by atoms with Gasteiger partial charge < -0.3 is 9.88 Å². The zero-order chi connectivity index (χ0) is 20.3. The molecule has 0 bridgehead atoms. The van der Waals surface area contributed by atoms with Gasteiger partial charge in [-0.3, -0.25) is 9.59 Å². The molecule has 28 heavy (non-hydrogen) atoms. The average molecular weight is 390 g/mol. The van der Waals surface area contributed by atoms with Crippen LogP contribution in [0.25, 0.3) is 0 Å². The van der Waals surface area contributed by atoms with Gasteiger partial charge in [-0.15, -0.1) is 0 Å². The van der Waals surface area contributed by atoms with Crippen LogP contribution >= 0.6 is 0 Å². The van der Waals surface area contributed by atoms with E-state index < -0.39 is 29.8 Å². The summed E-state index contributed by atoms with van der Waals surface area (Å²) in [6.07, 6.45) is -3.63. The van der Waals surface area contributed by atoms with Gasteiger partial charge in [0.25, 0.3) is 5.56 Å². The number of rotatable bonds is 5. The molecule has 1 amide bonds. The summed E-state index contributed by atoms with van der Waals surface area (Å²) in [6.45, 7) is 1.63. The summed E-state index contributed by atoms with van der Waals surface area (Å²) in [6, 6.07) is 12.9. The molecular weight excluding hydrogens is 373 g/mol. The number of hydrogen-bond donors (Lipinski definition) is 1. The van der Waals surface area contributed by atoms with Crippen LogP contribution in [0.2, 0.25) is 0 Å². The molecule has 3 aromatic rings. The number of aromatic nitrogens is 3. The normalized spacial score (nSPS) is 11.4. The third-order valence-corrected chi connectivity index (χ3v) is 3.98. The van der Waals surface area contributed by atoms with E-state index in [2.05, 4.69) is 10.4 Å². The quantitative estimate of drug-likeness (QED) is 0.728. The maximum Gasteiger partial charge on any atom is 0.421 e. The summed E-state index contributed by atoms with van der Waals surface area (Å²) in [5, 5.41) is 6.92. The highest BCUT2D eigenvalue weighted by Gasteiger charge is 2.34. The van der Waals surface area contributed by atoms with Crippen LogP contribution in [0.3, 0.4) is 0 Å². The Labute approximate surface area is 158 Å². The molecule has 1 aromatic carbocycles. The molecule has 9 heteroatoms. The first-order valence-electron chi connectivity index (χ1n) is 8.39. The molecule has 3 rings (SSSR count). The first-order valence-corrected chi connectivity index (χ1v) is 8.39. The van der Waals surface area contributed by atoms with E-state index in [0.717, 1.165) is 22.4 Å². The van der Waals surface area contributed by atoms with Gasteiger partial charge in [0.15, 0.2) is 0 Å². The average Bonchev–Trinajstić information content (AvgIpc) is 2.95. The highest BCUT2D eigenvalue weighted by atomic mass is 19.4. The molecular formula is C19H17F3N4O2. The van der Waals surface area contributed by atoms with Gasteiger partial charge in [0.2, 0.25) is 5.91 Å². The van der Waals surface area contributed by atoms with Crippen LogP contribution in [0.5, 0.6) is 0 Å². The molecule has 0 fully saturated rings.